The zero-order valence-electron chi connectivity index (χ0n) is 18.9. The van der Waals surface area contributed by atoms with Gasteiger partial charge < -0.3 is 22.5 Å². The SMILES string of the molecule is O.[CH2-]NC([CH2-])c1nc2c(-c3ccc(C)nc3)cc(C#N)cc2c(=O)n1-c1ccc(OC)c(F)c1.[Es]. The first-order valence-corrected chi connectivity index (χ1v) is 10.0. The number of nitrogens with zero attached hydrogens (tertiary/aromatic N) is 4. The summed E-state index contributed by atoms with van der Waals surface area (Å²) in [5.41, 5.74) is 2.56. The van der Waals surface area contributed by atoms with Gasteiger partial charge >= 0.3 is 0 Å². The summed E-state index contributed by atoms with van der Waals surface area (Å²) in [5, 5.41) is 12.5. The van der Waals surface area contributed by atoms with Crippen molar-refractivity contribution in [3.05, 3.63) is 95.9 Å². The van der Waals surface area contributed by atoms with Gasteiger partial charge in [-0.25, -0.2) is 9.37 Å². The van der Waals surface area contributed by atoms with Crippen LogP contribution in [0.2, 0.25) is 0 Å². The summed E-state index contributed by atoms with van der Waals surface area (Å²) in [7, 11) is 5.01. The van der Waals surface area contributed by atoms with Crippen LogP contribution in [-0.2, 0) is 0 Å². The average Bonchev–Trinajstić information content (AvgIpc) is 2.83. The Morgan fingerprint density at radius 1 is 1.23 bits per heavy atom. The molecule has 4 aromatic rings. The summed E-state index contributed by atoms with van der Waals surface area (Å²) in [4.78, 5) is 22.8. The van der Waals surface area contributed by atoms with Crippen LogP contribution in [-0.4, -0.2) is 27.1 Å². The molecular formula is C25H22EsFN5O3-2. The topological polar surface area (TPSA) is 124 Å². The fraction of sp³-hybridized carbons (Fsp3) is 0.120. The fourth-order valence-electron chi connectivity index (χ4n) is 3.59. The van der Waals surface area contributed by atoms with Gasteiger partial charge in [0.15, 0.2) is 11.6 Å². The third-order valence-electron chi connectivity index (χ3n) is 5.30. The van der Waals surface area contributed by atoms with Gasteiger partial charge in [-0.15, -0.1) is 0 Å². The minimum Gasteiger partial charge on any atom is -0.494 e. The molecule has 8 nitrogen and oxygen atoms in total. The maximum atomic E-state index is 14.5. The summed E-state index contributed by atoms with van der Waals surface area (Å²) in [6, 6.07) is 12.4. The van der Waals surface area contributed by atoms with E-state index in [-0.39, 0.29) is 28.1 Å². The number of fused-ring (bicyclic) bond motifs is 1. The minimum absolute atomic E-state index is 0. The van der Waals surface area contributed by atoms with E-state index in [1.807, 2.05) is 19.1 Å². The number of rotatable bonds is 5. The first-order chi connectivity index (χ1) is 15.9. The quantitative estimate of drug-likeness (QED) is 0.318. The van der Waals surface area contributed by atoms with Gasteiger partial charge in [0.1, 0.15) is 0 Å². The number of benzene rings is 2. The van der Waals surface area contributed by atoms with E-state index in [4.69, 9.17) is 9.72 Å². The van der Waals surface area contributed by atoms with Gasteiger partial charge in [-0.3, -0.25) is 21.4 Å². The van der Waals surface area contributed by atoms with Crippen molar-refractivity contribution in [2.75, 3.05) is 7.11 Å². The standard InChI is InChI=1S/C25H20FN5O2.Es.H2O/c1-14-5-6-17(13-29-14)19-9-16(12-27)10-20-23(19)30-24(15(2)28-3)31(25(20)32)18-7-8-22(33-4)21(26)11-18;;/h5-11,13,15,28H,2-3H2,1,4H3;;1H2/q-2;;. The first kappa shape index (κ1) is 26.1. The molecule has 35 heavy (non-hydrogen) atoms. The molecule has 0 saturated heterocycles. The number of aromatic nitrogens is 3. The van der Waals surface area contributed by atoms with Gasteiger partial charge in [-0.1, -0.05) is 12.1 Å². The Hall–Kier alpha value is -5.13. The van der Waals surface area contributed by atoms with E-state index in [2.05, 4.69) is 30.3 Å². The molecule has 0 bridgehead atoms. The fourth-order valence-corrected chi connectivity index (χ4v) is 3.59. The van der Waals surface area contributed by atoms with E-state index in [1.54, 1.807) is 18.3 Å². The second-order valence-corrected chi connectivity index (χ2v) is 7.41. The molecule has 0 saturated carbocycles. The average molecular weight is 711 g/mol. The molecular weight excluding hydrogens is 689 g/mol. The second-order valence-electron chi connectivity index (χ2n) is 7.41. The number of ether oxygens (including phenoxy) is 1. The van der Waals surface area contributed by atoms with Crippen molar-refractivity contribution in [3.8, 4) is 28.6 Å². The molecule has 10 heteroatoms. The van der Waals surface area contributed by atoms with Crippen LogP contribution in [0.3, 0.4) is 0 Å². The Balaban J connectivity index is 0.00000216. The maximum absolute atomic E-state index is 14.5. The number of nitriles is 1. The van der Waals surface area contributed by atoms with Crippen molar-refractivity contribution in [2.24, 2.45) is 0 Å². The predicted octanol–water partition coefficient (Wildman–Crippen LogP) is 3.21. The predicted molar refractivity (Wildman–Crippen MR) is 127 cm³/mol. The molecule has 0 spiro atoms. The third kappa shape index (κ3) is 4.53. The second kappa shape index (κ2) is 10.2. The molecule has 0 aliphatic carbocycles. The number of nitrogens with one attached hydrogen (secondary N) is 1. The van der Waals surface area contributed by atoms with Crippen LogP contribution >= 0.6 is 0 Å². The first-order valence-electron chi connectivity index (χ1n) is 10.0. The Morgan fingerprint density at radius 3 is 2.54 bits per heavy atom. The molecule has 1 radical (unpaired) electrons. The van der Waals surface area contributed by atoms with Crippen molar-refractivity contribution in [2.45, 2.75) is 13.0 Å². The molecule has 185 valence electrons. The van der Waals surface area contributed by atoms with E-state index >= 15 is 0 Å². The molecule has 1 atom stereocenters. The van der Waals surface area contributed by atoms with Crippen LogP contribution in [0, 0.1) is 38.0 Å². The van der Waals surface area contributed by atoms with Crippen LogP contribution in [0.1, 0.15) is 23.1 Å². The molecule has 2 heterocycles. The maximum Gasteiger partial charge on any atom is 0.266 e. The van der Waals surface area contributed by atoms with Gasteiger partial charge in [-0.05, 0) is 37.3 Å². The summed E-state index contributed by atoms with van der Waals surface area (Å²) in [6.07, 6.45) is 1.66. The molecule has 3 N–H and O–H groups in total. The number of pyridine rings is 1. The van der Waals surface area contributed by atoms with Gasteiger partial charge in [0, 0.05) is 29.1 Å². The Labute approximate surface area is 195 Å². The van der Waals surface area contributed by atoms with Crippen LogP contribution in [0.4, 0.5) is 4.39 Å². The van der Waals surface area contributed by atoms with Crippen molar-refractivity contribution in [1.82, 2.24) is 19.9 Å². The Morgan fingerprint density at radius 2 is 1.97 bits per heavy atom. The van der Waals surface area contributed by atoms with Gasteiger partial charge in [-0.2, -0.15) is 5.26 Å². The van der Waals surface area contributed by atoms with Crippen molar-refractivity contribution in [1.29, 1.82) is 5.26 Å². The monoisotopic (exact) mass is 711 g/mol. The zero-order chi connectivity index (χ0) is 23.7. The summed E-state index contributed by atoms with van der Waals surface area (Å²) in [5.74, 6) is -0.351. The molecule has 2 aromatic carbocycles. The summed E-state index contributed by atoms with van der Waals surface area (Å²) in [6.45, 7) is 5.85. The van der Waals surface area contributed by atoms with Crippen molar-refractivity contribution >= 4 is 10.9 Å². The molecule has 0 fully saturated rings. The van der Waals surface area contributed by atoms with E-state index in [0.717, 1.165) is 5.69 Å². The molecule has 4 rings (SSSR count). The van der Waals surface area contributed by atoms with Crippen LogP contribution in [0.15, 0.2) is 53.5 Å². The Kier molecular flexibility index (Phi) is 7.62. The van der Waals surface area contributed by atoms with Crippen LogP contribution in [0.25, 0.3) is 27.7 Å². The summed E-state index contributed by atoms with van der Waals surface area (Å²) < 4.78 is 20.7. The van der Waals surface area contributed by atoms with Gasteiger partial charge in [0.05, 0.1) is 41.2 Å². The number of methoxy groups -OCH3 is 1. The van der Waals surface area contributed by atoms with Crippen molar-refractivity contribution < 1.29 is 14.6 Å². The number of hydrogen-bond acceptors (Lipinski definition) is 6. The molecule has 2 aromatic heterocycles. The largest absolute Gasteiger partial charge is 0.494 e. The summed E-state index contributed by atoms with van der Waals surface area (Å²) >= 11 is 0. The molecule has 0 aliphatic rings. The normalized spacial score (nSPS) is 11.2. The van der Waals surface area contributed by atoms with Gasteiger partial charge in [0.2, 0.25) is 0 Å². The molecule has 0 aliphatic heterocycles. The molecule has 1 unspecified atom stereocenters. The van der Waals surface area contributed by atoms with E-state index < -0.39 is 17.4 Å². The number of hydrogen-bond donors (Lipinski definition) is 1. The smallest absolute Gasteiger partial charge is 0.266 e. The van der Waals surface area contributed by atoms with E-state index in [9.17, 15) is 14.4 Å². The third-order valence-corrected chi connectivity index (χ3v) is 5.30. The molecule has 0 amide bonds. The van der Waals surface area contributed by atoms with E-state index in [0.29, 0.717) is 22.2 Å². The Bertz CT molecular complexity index is 1470. The minimum atomic E-state index is -0.688. The van der Waals surface area contributed by atoms with Gasteiger partial charge in [0.25, 0.3) is 5.56 Å². The van der Waals surface area contributed by atoms with Crippen molar-refractivity contribution in [3.63, 3.8) is 0 Å². The van der Waals surface area contributed by atoms with Crippen LogP contribution < -0.4 is 15.6 Å². The zero-order valence-corrected chi connectivity index (χ0v) is 21.4. The van der Waals surface area contributed by atoms with E-state index in [1.165, 1.54) is 29.9 Å². The number of halogens is 1. The number of aryl methyl sites for hydroxylation is 1. The van der Waals surface area contributed by atoms with Crippen LogP contribution in [0.5, 0.6) is 5.75 Å².